The van der Waals surface area contributed by atoms with Crippen molar-refractivity contribution in [1.82, 2.24) is 29.9 Å². The summed E-state index contributed by atoms with van der Waals surface area (Å²) in [6.07, 6.45) is 6.36. The summed E-state index contributed by atoms with van der Waals surface area (Å²) in [5.74, 6) is -2.73. The molecule has 3 aromatic rings. The monoisotopic (exact) mass is 448 g/mol. The molecule has 0 saturated carbocycles. The summed E-state index contributed by atoms with van der Waals surface area (Å²) in [5.41, 5.74) is 0.697. The highest BCUT2D eigenvalue weighted by molar-refractivity contribution is 6.31. The number of halogens is 3. The molecule has 1 aromatic carbocycles. The number of aryl methyl sites for hydroxylation is 1. The van der Waals surface area contributed by atoms with Gasteiger partial charge in [0, 0.05) is 43.3 Å². The molecule has 2 aromatic heterocycles. The minimum atomic E-state index is -2.98. The number of hydrogen-bond acceptors (Lipinski definition) is 5. The van der Waals surface area contributed by atoms with E-state index in [4.69, 9.17) is 11.6 Å². The minimum Gasteiger partial charge on any atom is -0.336 e. The Bertz CT molecular complexity index is 1020. The van der Waals surface area contributed by atoms with E-state index < -0.39 is 5.92 Å². The van der Waals surface area contributed by atoms with E-state index in [-0.39, 0.29) is 17.5 Å². The van der Waals surface area contributed by atoms with E-state index in [2.05, 4.69) is 20.2 Å². The molecule has 3 rings (SSSR count). The highest BCUT2D eigenvalue weighted by atomic mass is 35.5. The van der Waals surface area contributed by atoms with Gasteiger partial charge in [0.1, 0.15) is 5.82 Å². The third-order valence-corrected chi connectivity index (χ3v) is 5.19. The van der Waals surface area contributed by atoms with Gasteiger partial charge in [0.2, 0.25) is 0 Å². The molecule has 1 amide bonds. The Balaban J connectivity index is 1.74. The molecule has 0 bridgehead atoms. The minimum absolute atomic E-state index is 0.147. The molecule has 0 unspecified atom stereocenters. The first-order valence-corrected chi connectivity index (χ1v) is 10.2. The van der Waals surface area contributed by atoms with Crippen LogP contribution < -0.4 is 0 Å². The molecular formula is C21H23ClF2N6O. The molecule has 0 N–H and O–H groups in total. The normalized spacial score (nSPS) is 12.6. The van der Waals surface area contributed by atoms with Crippen LogP contribution in [-0.2, 0) is 12.3 Å². The van der Waals surface area contributed by atoms with E-state index in [1.54, 1.807) is 23.1 Å². The fourth-order valence-corrected chi connectivity index (χ4v) is 3.38. The number of carbonyl (C=O) groups excluding carboxylic acids is 1. The van der Waals surface area contributed by atoms with Gasteiger partial charge in [-0.1, -0.05) is 11.6 Å². The van der Waals surface area contributed by atoms with Gasteiger partial charge in [0.25, 0.3) is 11.8 Å². The van der Waals surface area contributed by atoms with Crippen LogP contribution in [0.25, 0.3) is 5.69 Å². The molecule has 7 nitrogen and oxygen atoms in total. The maximum atomic E-state index is 13.3. The molecule has 0 aliphatic rings. The predicted molar refractivity (Wildman–Crippen MR) is 112 cm³/mol. The zero-order chi connectivity index (χ0) is 22.6. The van der Waals surface area contributed by atoms with Crippen molar-refractivity contribution in [3.8, 4) is 5.69 Å². The fraction of sp³-hybridized carbons (Fsp3) is 0.381. The summed E-state index contributed by atoms with van der Waals surface area (Å²) < 4.78 is 26.6. The van der Waals surface area contributed by atoms with Gasteiger partial charge in [-0.2, -0.15) is 15.0 Å². The van der Waals surface area contributed by atoms with Gasteiger partial charge < -0.3 is 4.90 Å². The number of aromatic nitrogens is 5. The Hall–Kier alpha value is -2.94. The molecular weight excluding hydrogens is 426 g/mol. The Morgan fingerprint density at radius 1 is 1.23 bits per heavy atom. The molecule has 0 radical (unpaired) electrons. The molecule has 0 aliphatic heterocycles. The highest BCUT2D eigenvalue weighted by Gasteiger charge is 2.26. The van der Waals surface area contributed by atoms with Crippen LogP contribution in [0.15, 0.2) is 43.0 Å². The molecule has 2 heterocycles. The zero-order valence-corrected chi connectivity index (χ0v) is 18.2. The van der Waals surface area contributed by atoms with Crippen LogP contribution in [0.3, 0.4) is 0 Å². The number of benzene rings is 1. The first-order chi connectivity index (χ1) is 14.7. The van der Waals surface area contributed by atoms with Crippen molar-refractivity contribution in [2.24, 2.45) is 0 Å². The van der Waals surface area contributed by atoms with E-state index in [1.807, 2.05) is 13.8 Å². The number of hydrogen-bond donors (Lipinski definition) is 0. The van der Waals surface area contributed by atoms with Gasteiger partial charge >= 0.3 is 0 Å². The second-order valence-corrected chi connectivity index (χ2v) is 7.67. The lowest BCUT2D eigenvalue weighted by Gasteiger charge is -2.29. The SMILES string of the molecule is CCN(C(=O)c1cc(Cl)ccc1-n1nccn1)[C@@H](C)CCc1ncc(C(C)(F)F)cn1. The topological polar surface area (TPSA) is 76.8 Å². The molecule has 0 spiro atoms. The van der Waals surface area contributed by atoms with Crippen LogP contribution in [0.5, 0.6) is 0 Å². The van der Waals surface area contributed by atoms with Gasteiger partial charge in [-0.25, -0.2) is 18.7 Å². The van der Waals surface area contributed by atoms with Crippen molar-refractivity contribution >= 4 is 17.5 Å². The standard InChI is InChI=1S/C21H23ClF2N6O/c1-4-29(14(2)5-8-19-25-12-15(13-26-19)21(3,23)24)20(31)17-11-16(22)6-7-18(17)30-27-9-10-28-30/h6-7,9-14H,4-5,8H2,1-3H3/t14-/m0/s1. The van der Waals surface area contributed by atoms with Crippen molar-refractivity contribution in [2.75, 3.05) is 6.54 Å². The smallest absolute Gasteiger partial charge is 0.273 e. The van der Waals surface area contributed by atoms with Crippen LogP contribution in [-0.4, -0.2) is 48.4 Å². The van der Waals surface area contributed by atoms with Crippen molar-refractivity contribution in [3.63, 3.8) is 0 Å². The molecule has 0 aliphatic carbocycles. The van der Waals surface area contributed by atoms with Gasteiger partial charge in [0.15, 0.2) is 0 Å². The average molecular weight is 449 g/mol. The number of nitrogens with zero attached hydrogens (tertiary/aromatic N) is 6. The van der Waals surface area contributed by atoms with Crippen LogP contribution in [0.4, 0.5) is 8.78 Å². The number of amides is 1. The first-order valence-electron chi connectivity index (χ1n) is 9.87. The summed E-state index contributed by atoms with van der Waals surface area (Å²) >= 11 is 6.14. The van der Waals surface area contributed by atoms with Crippen LogP contribution in [0.2, 0.25) is 5.02 Å². The van der Waals surface area contributed by atoms with Crippen molar-refractivity contribution in [2.45, 2.75) is 45.6 Å². The molecule has 164 valence electrons. The Kier molecular flexibility index (Phi) is 6.94. The third kappa shape index (κ3) is 5.41. The first kappa shape index (κ1) is 22.7. The van der Waals surface area contributed by atoms with Crippen molar-refractivity contribution in [3.05, 3.63) is 65.0 Å². The van der Waals surface area contributed by atoms with E-state index in [0.29, 0.717) is 41.5 Å². The van der Waals surface area contributed by atoms with Gasteiger partial charge in [-0.05, 0) is 38.5 Å². The molecule has 10 heteroatoms. The maximum Gasteiger partial charge on any atom is 0.273 e. The van der Waals surface area contributed by atoms with Gasteiger partial charge in [-0.3, -0.25) is 4.79 Å². The largest absolute Gasteiger partial charge is 0.336 e. The Morgan fingerprint density at radius 3 is 2.45 bits per heavy atom. The van der Waals surface area contributed by atoms with E-state index in [9.17, 15) is 13.6 Å². The maximum absolute atomic E-state index is 13.3. The second kappa shape index (κ2) is 9.47. The van der Waals surface area contributed by atoms with Crippen LogP contribution in [0.1, 0.15) is 48.9 Å². The summed E-state index contributed by atoms with van der Waals surface area (Å²) in [7, 11) is 0. The number of rotatable bonds is 8. The second-order valence-electron chi connectivity index (χ2n) is 7.24. The summed E-state index contributed by atoms with van der Waals surface area (Å²) in [6, 6.07) is 4.83. The molecule has 1 atom stereocenters. The summed E-state index contributed by atoms with van der Waals surface area (Å²) in [5, 5.41) is 8.66. The average Bonchev–Trinajstić information content (AvgIpc) is 3.27. The van der Waals surface area contributed by atoms with E-state index >= 15 is 0 Å². The lowest BCUT2D eigenvalue weighted by atomic mass is 10.1. The summed E-state index contributed by atoms with van der Waals surface area (Å²) in [4.78, 5) is 24.5. The molecule has 0 fully saturated rings. The van der Waals surface area contributed by atoms with Crippen molar-refractivity contribution in [1.29, 1.82) is 0 Å². The number of alkyl halides is 2. The predicted octanol–water partition coefficient (Wildman–Crippen LogP) is 4.31. The quantitative estimate of drug-likeness (QED) is 0.513. The lowest BCUT2D eigenvalue weighted by Crippen LogP contribution is -2.39. The van der Waals surface area contributed by atoms with Gasteiger partial charge in [0.05, 0.1) is 29.2 Å². The zero-order valence-electron chi connectivity index (χ0n) is 17.5. The van der Waals surface area contributed by atoms with E-state index in [0.717, 1.165) is 19.3 Å². The van der Waals surface area contributed by atoms with E-state index in [1.165, 1.54) is 17.2 Å². The van der Waals surface area contributed by atoms with Crippen molar-refractivity contribution < 1.29 is 13.6 Å². The number of carbonyl (C=O) groups is 1. The Morgan fingerprint density at radius 2 is 1.87 bits per heavy atom. The molecule has 0 saturated heterocycles. The van der Waals surface area contributed by atoms with Crippen LogP contribution >= 0.6 is 11.6 Å². The lowest BCUT2D eigenvalue weighted by molar-refractivity contribution is 0.0166. The highest BCUT2D eigenvalue weighted by Crippen LogP contribution is 2.25. The fourth-order valence-electron chi connectivity index (χ4n) is 3.21. The van der Waals surface area contributed by atoms with Crippen LogP contribution in [0, 0.1) is 0 Å². The molecule has 31 heavy (non-hydrogen) atoms. The van der Waals surface area contributed by atoms with Gasteiger partial charge in [-0.15, -0.1) is 0 Å². The third-order valence-electron chi connectivity index (χ3n) is 4.95. The Labute approximate surface area is 184 Å². The summed E-state index contributed by atoms with van der Waals surface area (Å²) in [6.45, 7) is 5.09.